The van der Waals surface area contributed by atoms with E-state index in [1.165, 1.54) is 30.1 Å². The van der Waals surface area contributed by atoms with Crippen molar-refractivity contribution in [2.24, 2.45) is 5.73 Å². The van der Waals surface area contributed by atoms with Crippen LogP contribution in [0.15, 0.2) is 0 Å². The first-order valence-electron chi connectivity index (χ1n) is 6.01. The molecule has 0 aliphatic heterocycles. The largest absolute Gasteiger partial charge is 0.346 e. The van der Waals surface area contributed by atoms with Crippen LogP contribution in [0, 0.1) is 6.92 Å². The highest BCUT2D eigenvalue weighted by Crippen LogP contribution is 2.31. The van der Waals surface area contributed by atoms with Crippen molar-refractivity contribution in [3.63, 3.8) is 0 Å². The summed E-state index contributed by atoms with van der Waals surface area (Å²) >= 11 is 0. The molecule has 0 spiro atoms. The summed E-state index contributed by atoms with van der Waals surface area (Å²) in [6.07, 6.45) is 5.70. The highest BCUT2D eigenvalue weighted by molar-refractivity contribution is 5.15. The average Bonchev–Trinajstić information content (AvgIpc) is 2.61. The van der Waals surface area contributed by atoms with Crippen LogP contribution >= 0.6 is 0 Å². The summed E-state index contributed by atoms with van der Waals surface area (Å²) in [6, 6.07) is 0.419. The fourth-order valence-electron chi connectivity index (χ4n) is 2.45. The Morgan fingerprint density at radius 1 is 1.33 bits per heavy atom. The van der Waals surface area contributed by atoms with Crippen molar-refractivity contribution in [3.8, 4) is 0 Å². The van der Waals surface area contributed by atoms with Crippen molar-refractivity contribution in [1.82, 2.24) is 9.97 Å². The van der Waals surface area contributed by atoms with Crippen molar-refractivity contribution < 1.29 is 0 Å². The van der Waals surface area contributed by atoms with Crippen LogP contribution in [-0.4, -0.2) is 16.0 Å². The summed E-state index contributed by atoms with van der Waals surface area (Å²) in [6.45, 7) is 4.27. The number of nitrogens with two attached hydrogens (primary N) is 1. The molecule has 1 heterocycles. The molecule has 1 aliphatic carbocycles. The molecule has 0 atom stereocenters. The van der Waals surface area contributed by atoms with Crippen LogP contribution in [0.1, 0.15) is 55.7 Å². The van der Waals surface area contributed by atoms with Gasteiger partial charge >= 0.3 is 0 Å². The number of aromatic amines is 1. The van der Waals surface area contributed by atoms with Crippen LogP contribution < -0.4 is 5.73 Å². The van der Waals surface area contributed by atoms with Gasteiger partial charge in [0.25, 0.3) is 0 Å². The molecule has 3 heteroatoms. The molecule has 1 saturated carbocycles. The number of nitrogens with zero attached hydrogens (tertiary/aromatic N) is 1. The Morgan fingerprint density at radius 2 is 2.00 bits per heavy atom. The Bertz CT molecular complexity index is 322. The maximum absolute atomic E-state index is 5.91. The molecular formula is C12H21N3. The van der Waals surface area contributed by atoms with E-state index in [1.54, 1.807) is 0 Å². The minimum absolute atomic E-state index is 0.419. The number of rotatable bonds is 2. The van der Waals surface area contributed by atoms with E-state index in [2.05, 4.69) is 23.8 Å². The maximum Gasteiger partial charge on any atom is 0.109 e. The quantitative estimate of drug-likeness (QED) is 0.781. The maximum atomic E-state index is 5.91. The molecule has 0 amide bonds. The molecule has 1 fully saturated rings. The standard InChI is InChI=1S/C12H21N3/c1-3-11-8(2)14-12(15-11)9-4-6-10(13)7-5-9/h9-10H,3-7,13H2,1-2H3,(H,14,15). The lowest BCUT2D eigenvalue weighted by atomic mass is 9.86. The summed E-state index contributed by atoms with van der Waals surface area (Å²) in [4.78, 5) is 8.11. The van der Waals surface area contributed by atoms with Crippen molar-refractivity contribution in [2.45, 2.75) is 57.9 Å². The molecule has 3 N–H and O–H groups in total. The van der Waals surface area contributed by atoms with Gasteiger partial charge in [-0.25, -0.2) is 4.98 Å². The number of nitrogens with one attached hydrogen (secondary N) is 1. The van der Waals surface area contributed by atoms with Crippen LogP contribution in [0.25, 0.3) is 0 Å². The SMILES string of the molecule is CCc1nc(C2CCC(N)CC2)[nH]c1C. The number of aromatic nitrogens is 2. The third-order valence-electron chi connectivity index (χ3n) is 3.50. The molecule has 1 aliphatic rings. The number of aryl methyl sites for hydroxylation is 2. The van der Waals surface area contributed by atoms with Crippen LogP contribution in [-0.2, 0) is 6.42 Å². The van der Waals surface area contributed by atoms with E-state index in [0.29, 0.717) is 12.0 Å². The molecule has 15 heavy (non-hydrogen) atoms. The topological polar surface area (TPSA) is 54.7 Å². The zero-order valence-electron chi connectivity index (χ0n) is 9.71. The summed E-state index contributed by atoms with van der Waals surface area (Å²) in [5.74, 6) is 1.81. The summed E-state index contributed by atoms with van der Waals surface area (Å²) in [5, 5.41) is 0. The highest BCUT2D eigenvalue weighted by atomic mass is 14.9. The van der Waals surface area contributed by atoms with Crippen molar-refractivity contribution in [3.05, 3.63) is 17.2 Å². The van der Waals surface area contributed by atoms with Gasteiger partial charge in [0, 0.05) is 17.7 Å². The van der Waals surface area contributed by atoms with Crippen LogP contribution in [0.2, 0.25) is 0 Å². The molecule has 0 saturated heterocycles. The molecule has 0 unspecified atom stereocenters. The summed E-state index contributed by atoms with van der Waals surface area (Å²) < 4.78 is 0. The predicted molar refractivity (Wildman–Crippen MR) is 61.9 cm³/mol. The molecule has 2 rings (SSSR count). The minimum atomic E-state index is 0.419. The number of H-pyrrole nitrogens is 1. The van der Waals surface area contributed by atoms with E-state index in [4.69, 9.17) is 5.73 Å². The third-order valence-corrected chi connectivity index (χ3v) is 3.50. The van der Waals surface area contributed by atoms with E-state index in [1.807, 2.05) is 0 Å². The van der Waals surface area contributed by atoms with Gasteiger partial charge in [0.15, 0.2) is 0 Å². The first-order valence-corrected chi connectivity index (χ1v) is 6.01. The first kappa shape index (κ1) is 10.7. The number of hydrogen-bond acceptors (Lipinski definition) is 2. The number of hydrogen-bond donors (Lipinski definition) is 2. The molecule has 1 aromatic heterocycles. The van der Waals surface area contributed by atoms with Crippen LogP contribution in [0.3, 0.4) is 0 Å². The Morgan fingerprint density at radius 3 is 2.53 bits per heavy atom. The molecule has 0 aromatic carbocycles. The summed E-state index contributed by atoms with van der Waals surface area (Å²) in [5.41, 5.74) is 8.37. The van der Waals surface area contributed by atoms with Crippen LogP contribution in [0.4, 0.5) is 0 Å². The fourth-order valence-corrected chi connectivity index (χ4v) is 2.45. The highest BCUT2D eigenvalue weighted by Gasteiger charge is 2.22. The van der Waals surface area contributed by atoms with Crippen molar-refractivity contribution in [2.75, 3.05) is 0 Å². The zero-order valence-corrected chi connectivity index (χ0v) is 9.71. The van der Waals surface area contributed by atoms with Crippen LogP contribution in [0.5, 0.6) is 0 Å². The van der Waals surface area contributed by atoms with E-state index in [-0.39, 0.29) is 0 Å². The van der Waals surface area contributed by atoms with Gasteiger partial charge < -0.3 is 10.7 Å². The Kier molecular flexibility index (Phi) is 3.10. The van der Waals surface area contributed by atoms with E-state index >= 15 is 0 Å². The van der Waals surface area contributed by atoms with Gasteiger partial charge in [0.2, 0.25) is 0 Å². The first-order chi connectivity index (χ1) is 7.20. The molecule has 3 nitrogen and oxygen atoms in total. The molecule has 84 valence electrons. The normalized spacial score (nSPS) is 26.9. The average molecular weight is 207 g/mol. The second-order valence-electron chi connectivity index (χ2n) is 4.66. The monoisotopic (exact) mass is 207 g/mol. The van der Waals surface area contributed by atoms with Gasteiger partial charge in [-0.05, 0) is 39.0 Å². The van der Waals surface area contributed by atoms with Crippen molar-refractivity contribution >= 4 is 0 Å². The second kappa shape index (κ2) is 4.35. The Hall–Kier alpha value is -0.830. The molecule has 0 radical (unpaired) electrons. The lowest BCUT2D eigenvalue weighted by molar-refractivity contribution is 0.386. The third kappa shape index (κ3) is 2.23. The lowest BCUT2D eigenvalue weighted by Gasteiger charge is -2.24. The minimum Gasteiger partial charge on any atom is -0.346 e. The smallest absolute Gasteiger partial charge is 0.109 e. The summed E-state index contributed by atoms with van der Waals surface area (Å²) in [7, 11) is 0. The van der Waals surface area contributed by atoms with E-state index in [0.717, 1.165) is 19.3 Å². The molecular weight excluding hydrogens is 186 g/mol. The molecule has 0 bridgehead atoms. The van der Waals surface area contributed by atoms with Crippen molar-refractivity contribution in [1.29, 1.82) is 0 Å². The fraction of sp³-hybridized carbons (Fsp3) is 0.750. The number of imidazole rings is 1. The van der Waals surface area contributed by atoms with E-state index in [9.17, 15) is 0 Å². The lowest BCUT2D eigenvalue weighted by Crippen LogP contribution is -2.26. The predicted octanol–water partition coefficient (Wildman–Crippen LogP) is 2.27. The van der Waals surface area contributed by atoms with Gasteiger partial charge in [-0.15, -0.1) is 0 Å². The zero-order chi connectivity index (χ0) is 10.8. The van der Waals surface area contributed by atoms with Gasteiger partial charge in [-0.3, -0.25) is 0 Å². The molecule has 1 aromatic rings. The van der Waals surface area contributed by atoms with Gasteiger partial charge in [-0.1, -0.05) is 6.92 Å². The second-order valence-corrected chi connectivity index (χ2v) is 4.66. The van der Waals surface area contributed by atoms with E-state index < -0.39 is 0 Å². The van der Waals surface area contributed by atoms with Gasteiger partial charge in [0.1, 0.15) is 5.82 Å². The van der Waals surface area contributed by atoms with Gasteiger partial charge in [-0.2, -0.15) is 0 Å². The van der Waals surface area contributed by atoms with Gasteiger partial charge in [0.05, 0.1) is 5.69 Å². The Labute approximate surface area is 91.5 Å². The Balaban J connectivity index is 2.09.